The molecule has 4 nitrogen and oxygen atoms in total. The molecule has 1 amide bonds. The second-order valence-electron chi connectivity index (χ2n) is 6.23. The molecule has 0 bridgehead atoms. The van der Waals surface area contributed by atoms with E-state index < -0.39 is 0 Å². The number of carbonyl (C=O) groups is 1. The molecule has 0 radical (unpaired) electrons. The molecule has 3 rings (SSSR count). The molecule has 1 aliphatic heterocycles. The first kappa shape index (κ1) is 22.4. The Kier molecular flexibility index (Phi) is 7.47. The summed E-state index contributed by atoms with van der Waals surface area (Å²) in [7, 11) is 3.95. The maximum absolute atomic E-state index is 13.0. The summed E-state index contributed by atoms with van der Waals surface area (Å²) < 4.78 is 8.00. The zero-order valence-electron chi connectivity index (χ0n) is 15.6. The Morgan fingerprint density at radius 1 is 1.24 bits per heavy atom. The van der Waals surface area contributed by atoms with Crippen molar-refractivity contribution in [3.63, 3.8) is 0 Å². The summed E-state index contributed by atoms with van der Waals surface area (Å²) in [6.07, 6.45) is 7.14. The van der Waals surface area contributed by atoms with E-state index in [2.05, 4.69) is 51.1 Å². The Labute approximate surface area is 207 Å². The molecule has 2 aromatic rings. The first-order chi connectivity index (χ1) is 13.8. The Balaban J connectivity index is 1.87. The van der Waals surface area contributed by atoms with Crippen molar-refractivity contribution in [2.24, 2.45) is 0 Å². The van der Waals surface area contributed by atoms with E-state index in [1.54, 1.807) is 4.90 Å². The predicted molar refractivity (Wildman–Crippen MR) is 143 cm³/mol. The number of amides is 1. The van der Waals surface area contributed by atoms with Crippen LogP contribution in [0.2, 0.25) is 0 Å². The molecule has 2 aromatic carbocycles. The average Bonchev–Trinajstić information content (AvgIpc) is 2.94. The minimum atomic E-state index is -0.115. The highest BCUT2D eigenvalue weighted by atomic mass is 127. The summed E-state index contributed by atoms with van der Waals surface area (Å²) in [5.41, 5.74) is 2.74. The van der Waals surface area contributed by atoms with Crippen LogP contribution in [0.25, 0.3) is 6.08 Å². The van der Waals surface area contributed by atoms with Crippen LogP contribution in [0.4, 0.5) is 11.4 Å². The molecule has 0 saturated carbocycles. The summed E-state index contributed by atoms with van der Waals surface area (Å²) >= 11 is 11.2. The molecule has 8 heteroatoms. The van der Waals surface area contributed by atoms with Crippen LogP contribution >= 0.6 is 69.2 Å². The normalized spacial score (nSPS) is 15.0. The molecule has 1 saturated heterocycles. The Bertz CT molecular complexity index is 1020. The molecular weight excluding hydrogens is 630 g/mol. The van der Waals surface area contributed by atoms with Crippen LogP contribution in [0.5, 0.6) is 5.75 Å². The molecule has 0 atom stereocenters. The molecular formula is C21H16I2N2O2S2. The van der Waals surface area contributed by atoms with E-state index in [-0.39, 0.29) is 12.5 Å². The van der Waals surface area contributed by atoms with Gasteiger partial charge in [-0.1, -0.05) is 29.9 Å². The first-order valence-corrected chi connectivity index (χ1v) is 11.8. The van der Waals surface area contributed by atoms with Crippen molar-refractivity contribution >= 4 is 96.8 Å². The lowest BCUT2D eigenvalue weighted by atomic mass is 10.2. The maximum atomic E-state index is 13.0. The van der Waals surface area contributed by atoms with E-state index in [4.69, 9.17) is 23.4 Å². The van der Waals surface area contributed by atoms with Crippen molar-refractivity contribution in [2.75, 3.05) is 30.5 Å². The minimum absolute atomic E-state index is 0.115. The summed E-state index contributed by atoms with van der Waals surface area (Å²) in [4.78, 5) is 17.2. The number of anilines is 2. The largest absolute Gasteiger partial charge is 0.479 e. The molecule has 0 N–H and O–H groups in total. The summed E-state index contributed by atoms with van der Waals surface area (Å²) in [6.45, 7) is 0.219. The SMILES string of the molecule is C#CCOc1c(I)cc(C=C2SC(=S)N(c3ccc(N(C)C)cc3)C2=O)cc1I. The van der Waals surface area contributed by atoms with Gasteiger partial charge in [-0.3, -0.25) is 9.69 Å². The van der Waals surface area contributed by atoms with E-state index in [9.17, 15) is 4.79 Å². The number of halogens is 2. The van der Waals surface area contributed by atoms with Crippen molar-refractivity contribution in [1.82, 2.24) is 0 Å². The molecule has 1 heterocycles. The lowest BCUT2D eigenvalue weighted by Crippen LogP contribution is -2.27. The van der Waals surface area contributed by atoms with Gasteiger partial charge in [0.2, 0.25) is 0 Å². The number of thiocarbonyl (C=S) groups is 1. The number of terminal acetylenes is 1. The van der Waals surface area contributed by atoms with E-state index in [1.807, 2.05) is 61.5 Å². The second kappa shape index (κ2) is 9.68. The Morgan fingerprint density at radius 2 is 1.86 bits per heavy atom. The number of carbonyl (C=O) groups excluding carboxylic acids is 1. The average molecular weight is 646 g/mol. The van der Waals surface area contributed by atoms with Crippen LogP contribution in [0, 0.1) is 19.5 Å². The highest BCUT2D eigenvalue weighted by molar-refractivity contribution is 14.1. The third kappa shape index (κ3) is 5.07. The van der Waals surface area contributed by atoms with E-state index in [0.29, 0.717) is 9.23 Å². The number of benzene rings is 2. The molecule has 0 unspecified atom stereocenters. The van der Waals surface area contributed by atoms with Gasteiger partial charge in [0.1, 0.15) is 12.4 Å². The number of hydrogen-bond acceptors (Lipinski definition) is 5. The lowest BCUT2D eigenvalue weighted by Gasteiger charge is -2.17. The fraction of sp³-hybridized carbons (Fsp3) is 0.143. The van der Waals surface area contributed by atoms with Gasteiger partial charge in [0.05, 0.1) is 17.7 Å². The monoisotopic (exact) mass is 646 g/mol. The van der Waals surface area contributed by atoms with Gasteiger partial charge in [-0.15, -0.1) is 6.42 Å². The van der Waals surface area contributed by atoms with Gasteiger partial charge in [0.15, 0.2) is 4.32 Å². The van der Waals surface area contributed by atoms with Gasteiger partial charge in [-0.05, 0) is 93.2 Å². The fourth-order valence-corrected chi connectivity index (χ4v) is 6.08. The highest BCUT2D eigenvalue weighted by Gasteiger charge is 2.33. The number of thioether (sulfide) groups is 1. The zero-order valence-corrected chi connectivity index (χ0v) is 21.6. The quantitative estimate of drug-likeness (QED) is 0.189. The third-order valence-electron chi connectivity index (χ3n) is 4.04. The number of rotatable bonds is 5. The number of ether oxygens (including phenoxy) is 1. The van der Waals surface area contributed by atoms with Crippen molar-refractivity contribution in [2.45, 2.75) is 0 Å². The summed E-state index contributed by atoms with van der Waals surface area (Å²) in [6, 6.07) is 11.7. The van der Waals surface area contributed by atoms with Crippen LogP contribution in [0.3, 0.4) is 0 Å². The summed E-state index contributed by atoms with van der Waals surface area (Å²) in [5, 5.41) is 0. The van der Waals surface area contributed by atoms with E-state index in [1.165, 1.54) is 11.8 Å². The lowest BCUT2D eigenvalue weighted by molar-refractivity contribution is -0.113. The van der Waals surface area contributed by atoms with Crippen molar-refractivity contribution in [1.29, 1.82) is 0 Å². The topological polar surface area (TPSA) is 32.8 Å². The van der Waals surface area contributed by atoms with Crippen LogP contribution in [0.15, 0.2) is 41.3 Å². The highest BCUT2D eigenvalue weighted by Crippen LogP contribution is 2.37. The Hall–Kier alpha value is -1.29. The van der Waals surface area contributed by atoms with Crippen molar-refractivity contribution in [3.8, 4) is 18.1 Å². The molecule has 1 aliphatic rings. The van der Waals surface area contributed by atoms with Crippen LogP contribution in [0.1, 0.15) is 5.56 Å². The van der Waals surface area contributed by atoms with Gasteiger partial charge < -0.3 is 9.64 Å². The fourth-order valence-electron chi connectivity index (χ4n) is 2.66. The van der Waals surface area contributed by atoms with Gasteiger partial charge in [-0.25, -0.2) is 0 Å². The maximum Gasteiger partial charge on any atom is 0.270 e. The smallest absolute Gasteiger partial charge is 0.270 e. The predicted octanol–water partition coefficient (Wildman–Crippen LogP) is 5.38. The second-order valence-corrected chi connectivity index (χ2v) is 10.2. The van der Waals surface area contributed by atoms with Crippen LogP contribution < -0.4 is 14.5 Å². The first-order valence-electron chi connectivity index (χ1n) is 8.42. The van der Waals surface area contributed by atoms with Gasteiger partial charge in [0.25, 0.3) is 5.91 Å². The molecule has 148 valence electrons. The molecule has 0 spiro atoms. The molecule has 0 aromatic heterocycles. The van der Waals surface area contributed by atoms with Crippen LogP contribution in [-0.4, -0.2) is 30.9 Å². The van der Waals surface area contributed by atoms with Gasteiger partial charge in [0, 0.05) is 19.8 Å². The molecule has 0 aliphatic carbocycles. The standard InChI is InChI=1S/C21H16I2N2O2S2/c1-4-9-27-19-16(22)10-13(11-17(19)23)12-18-20(26)25(21(28)29-18)15-7-5-14(6-8-15)24(2)3/h1,5-8,10-12H,9H2,2-3H3. The van der Waals surface area contributed by atoms with Crippen LogP contribution in [-0.2, 0) is 4.79 Å². The van der Waals surface area contributed by atoms with Crippen molar-refractivity contribution < 1.29 is 9.53 Å². The molecule has 1 fully saturated rings. The summed E-state index contributed by atoms with van der Waals surface area (Å²) in [5.74, 6) is 3.12. The Morgan fingerprint density at radius 3 is 2.41 bits per heavy atom. The van der Waals surface area contributed by atoms with E-state index in [0.717, 1.165) is 29.8 Å². The van der Waals surface area contributed by atoms with Gasteiger partial charge >= 0.3 is 0 Å². The van der Waals surface area contributed by atoms with Gasteiger partial charge in [-0.2, -0.15) is 0 Å². The zero-order chi connectivity index (χ0) is 21.1. The van der Waals surface area contributed by atoms with E-state index >= 15 is 0 Å². The number of nitrogens with zero attached hydrogens (tertiary/aromatic N) is 2. The number of hydrogen-bond donors (Lipinski definition) is 0. The third-order valence-corrected chi connectivity index (χ3v) is 6.94. The van der Waals surface area contributed by atoms with Crippen molar-refractivity contribution in [3.05, 3.63) is 54.0 Å². The minimum Gasteiger partial charge on any atom is -0.479 e. The molecule has 29 heavy (non-hydrogen) atoms.